The third-order valence-electron chi connectivity index (χ3n) is 3.42. The summed E-state index contributed by atoms with van der Waals surface area (Å²) in [5.74, 6) is 0.492. The van der Waals surface area contributed by atoms with Crippen LogP contribution in [0.4, 0.5) is 0 Å². The lowest BCUT2D eigenvalue weighted by molar-refractivity contribution is 0.0735. The van der Waals surface area contributed by atoms with E-state index in [0.717, 1.165) is 6.42 Å². The van der Waals surface area contributed by atoms with Crippen molar-refractivity contribution in [2.24, 2.45) is 0 Å². The van der Waals surface area contributed by atoms with E-state index in [1.54, 1.807) is 24.3 Å². The van der Waals surface area contributed by atoms with Gasteiger partial charge in [0.25, 0.3) is 0 Å². The molecule has 2 aromatic carbocycles. The van der Waals surface area contributed by atoms with Gasteiger partial charge in [0.15, 0.2) is 0 Å². The molecular weight excluding hydrogens is 307 g/mol. The zero-order valence-electron chi connectivity index (χ0n) is 11.9. The second kappa shape index (κ2) is 6.97. The highest BCUT2D eigenvalue weighted by atomic mass is 35.5. The molecule has 0 saturated heterocycles. The van der Waals surface area contributed by atoms with Crippen LogP contribution in [0.15, 0.2) is 42.5 Å². The molecule has 0 amide bonds. The van der Waals surface area contributed by atoms with Crippen molar-refractivity contribution in [1.29, 1.82) is 0 Å². The highest BCUT2D eigenvalue weighted by Gasteiger charge is 2.13. The standard InChI is InChI=1S/C17H16Cl2O2/c1-3-11(2)12-4-7-14(8-5-12)21-17(20)15-9-6-13(18)10-16(15)19/h4-11H,3H2,1-2H3. The molecule has 1 unspecified atom stereocenters. The number of carbonyl (C=O) groups excluding carboxylic acids is 1. The molecule has 0 aliphatic rings. The molecule has 0 fully saturated rings. The third kappa shape index (κ3) is 3.99. The molecule has 0 spiro atoms. The Morgan fingerprint density at radius 3 is 2.38 bits per heavy atom. The van der Waals surface area contributed by atoms with Crippen LogP contribution in [0.2, 0.25) is 10.0 Å². The van der Waals surface area contributed by atoms with Gasteiger partial charge in [-0.3, -0.25) is 0 Å². The zero-order chi connectivity index (χ0) is 15.4. The van der Waals surface area contributed by atoms with Gasteiger partial charge in [-0.05, 0) is 48.2 Å². The number of hydrogen-bond donors (Lipinski definition) is 0. The lowest BCUT2D eigenvalue weighted by Crippen LogP contribution is -2.09. The Balaban J connectivity index is 2.12. The Morgan fingerprint density at radius 2 is 1.81 bits per heavy atom. The van der Waals surface area contributed by atoms with Gasteiger partial charge in [0.2, 0.25) is 0 Å². The van der Waals surface area contributed by atoms with E-state index in [0.29, 0.717) is 22.3 Å². The molecule has 4 heteroatoms. The molecule has 0 aliphatic carbocycles. The van der Waals surface area contributed by atoms with Gasteiger partial charge < -0.3 is 4.74 Å². The summed E-state index contributed by atoms with van der Waals surface area (Å²) in [4.78, 5) is 12.1. The van der Waals surface area contributed by atoms with Gasteiger partial charge in [0, 0.05) is 5.02 Å². The van der Waals surface area contributed by atoms with Crippen molar-refractivity contribution in [2.75, 3.05) is 0 Å². The average molecular weight is 323 g/mol. The maximum Gasteiger partial charge on any atom is 0.345 e. The summed E-state index contributed by atoms with van der Waals surface area (Å²) in [6.07, 6.45) is 1.07. The number of halogens is 2. The molecule has 21 heavy (non-hydrogen) atoms. The summed E-state index contributed by atoms with van der Waals surface area (Å²) in [6, 6.07) is 12.2. The summed E-state index contributed by atoms with van der Waals surface area (Å²) >= 11 is 11.8. The topological polar surface area (TPSA) is 26.3 Å². The average Bonchev–Trinajstić information content (AvgIpc) is 2.47. The van der Waals surface area contributed by atoms with Crippen molar-refractivity contribution >= 4 is 29.2 Å². The van der Waals surface area contributed by atoms with Crippen LogP contribution in [0, 0.1) is 0 Å². The summed E-state index contributed by atoms with van der Waals surface area (Å²) in [6.45, 7) is 4.30. The number of esters is 1. The predicted octanol–water partition coefficient (Wildman–Crippen LogP) is 5.73. The van der Waals surface area contributed by atoms with Crippen LogP contribution < -0.4 is 4.74 Å². The Hall–Kier alpha value is -1.51. The van der Waals surface area contributed by atoms with E-state index in [1.165, 1.54) is 11.6 Å². The molecule has 0 saturated carbocycles. The number of hydrogen-bond acceptors (Lipinski definition) is 2. The highest BCUT2D eigenvalue weighted by Crippen LogP contribution is 2.24. The van der Waals surface area contributed by atoms with Gasteiger partial charge in [-0.15, -0.1) is 0 Å². The lowest BCUT2D eigenvalue weighted by Gasteiger charge is -2.10. The molecule has 2 rings (SSSR count). The van der Waals surface area contributed by atoms with Gasteiger partial charge >= 0.3 is 5.97 Å². The van der Waals surface area contributed by atoms with Crippen LogP contribution in [-0.2, 0) is 0 Å². The van der Waals surface area contributed by atoms with Crippen LogP contribution in [0.1, 0.15) is 42.1 Å². The minimum atomic E-state index is -0.493. The highest BCUT2D eigenvalue weighted by molar-refractivity contribution is 6.36. The maximum atomic E-state index is 12.1. The van der Waals surface area contributed by atoms with Gasteiger partial charge in [-0.1, -0.05) is 49.2 Å². The fourth-order valence-electron chi connectivity index (χ4n) is 1.92. The number of ether oxygens (including phenoxy) is 1. The summed E-state index contributed by atoms with van der Waals surface area (Å²) in [7, 11) is 0. The Labute approximate surface area is 134 Å². The molecule has 0 aromatic heterocycles. The first-order valence-corrected chi connectivity index (χ1v) is 7.54. The largest absolute Gasteiger partial charge is 0.423 e. The third-order valence-corrected chi connectivity index (χ3v) is 3.97. The second-order valence-corrected chi connectivity index (χ2v) is 5.74. The van der Waals surface area contributed by atoms with E-state index >= 15 is 0 Å². The molecule has 0 radical (unpaired) electrons. The fourth-order valence-corrected chi connectivity index (χ4v) is 2.40. The van der Waals surface area contributed by atoms with Crippen LogP contribution >= 0.6 is 23.2 Å². The number of rotatable bonds is 4. The number of carbonyl (C=O) groups is 1. The normalized spacial score (nSPS) is 12.0. The minimum Gasteiger partial charge on any atom is -0.423 e. The molecule has 0 bridgehead atoms. The van der Waals surface area contributed by atoms with Gasteiger partial charge in [0.1, 0.15) is 5.75 Å². The maximum absolute atomic E-state index is 12.1. The van der Waals surface area contributed by atoms with Crippen molar-refractivity contribution in [1.82, 2.24) is 0 Å². The van der Waals surface area contributed by atoms with Crippen molar-refractivity contribution in [3.05, 3.63) is 63.6 Å². The smallest absolute Gasteiger partial charge is 0.345 e. The Kier molecular flexibility index (Phi) is 5.27. The Bertz CT molecular complexity index is 636. The van der Waals surface area contributed by atoms with Crippen LogP contribution in [0.25, 0.3) is 0 Å². The second-order valence-electron chi connectivity index (χ2n) is 4.89. The monoisotopic (exact) mass is 322 g/mol. The van der Waals surface area contributed by atoms with E-state index in [4.69, 9.17) is 27.9 Å². The van der Waals surface area contributed by atoms with E-state index in [9.17, 15) is 4.79 Å². The van der Waals surface area contributed by atoms with Crippen molar-refractivity contribution < 1.29 is 9.53 Å². The summed E-state index contributed by atoms with van der Waals surface area (Å²) in [5, 5.41) is 0.762. The molecule has 110 valence electrons. The van der Waals surface area contributed by atoms with E-state index < -0.39 is 5.97 Å². The fraction of sp³-hybridized carbons (Fsp3) is 0.235. The van der Waals surface area contributed by atoms with E-state index in [1.807, 2.05) is 12.1 Å². The zero-order valence-corrected chi connectivity index (χ0v) is 13.4. The molecule has 0 N–H and O–H groups in total. The van der Waals surface area contributed by atoms with Crippen LogP contribution in [0.3, 0.4) is 0 Å². The van der Waals surface area contributed by atoms with Crippen molar-refractivity contribution in [3.63, 3.8) is 0 Å². The number of benzene rings is 2. The summed E-state index contributed by atoms with van der Waals surface area (Å²) < 4.78 is 5.32. The quantitative estimate of drug-likeness (QED) is 0.531. The van der Waals surface area contributed by atoms with E-state index in [2.05, 4.69) is 13.8 Å². The molecule has 1 atom stereocenters. The van der Waals surface area contributed by atoms with Gasteiger partial charge in [-0.25, -0.2) is 4.79 Å². The molecule has 2 nitrogen and oxygen atoms in total. The van der Waals surface area contributed by atoms with E-state index in [-0.39, 0.29) is 5.02 Å². The SMILES string of the molecule is CCC(C)c1ccc(OC(=O)c2ccc(Cl)cc2Cl)cc1. The first kappa shape index (κ1) is 15.9. The molecule has 0 aliphatic heterocycles. The lowest BCUT2D eigenvalue weighted by atomic mass is 9.99. The first-order valence-electron chi connectivity index (χ1n) is 6.78. The molecular formula is C17H16Cl2O2. The van der Waals surface area contributed by atoms with Crippen molar-refractivity contribution in [3.8, 4) is 5.75 Å². The van der Waals surface area contributed by atoms with Crippen molar-refractivity contribution in [2.45, 2.75) is 26.2 Å². The van der Waals surface area contributed by atoms with Gasteiger partial charge in [-0.2, -0.15) is 0 Å². The summed E-state index contributed by atoms with van der Waals surface area (Å²) in [5.41, 5.74) is 1.52. The Morgan fingerprint density at radius 1 is 1.14 bits per heavy atom. The minimum absolute atomic E-state index is 0.281. The molecule has 0 heterocycles. The first-order chi connectivity index (χ1) is 10.0. The van der Waals surface area contributed by atoms with Crippen LogP contribution in [-0.4, -0.2) is 5.97 Å². The predicted molar refractivity (Wildman–Crippen MR) is 86.6 cm³/mol. The van der Waals surface area contributed by atoms with Gasteiger partial charge in [0.05, 0.1) is 10.6 Å². The molecule has 2 aromatic rings. The van der Waals surface area contributed by atoms with Crippen LogP contribution in [0.5, 0.6) is 5.75 Å².